The standard InChI is InChI=1S/C15H20O/c1-3-4-5-7-13(2)10-11-14-8-6-9-15(16)12-14/h3,7-8,10-12,16H,1,4-6,9H2,2H3/b11-10+,13-7+. The molecule has 1 aliphatic carbocycles. The first-order valence-corrected chi connectivity index (χ1v) is 5.78. The van der Waals surface area contributed by atoms with Crippen LogP contribution in [0.4, 0.5) is 0 Å². The van der Waals surface area contributed by atoms with E-state index >= 15 is 0 Å². The third kappa shape index (κ3) is 4.83. The topological polar surface area (TPSA) is 20.2 Å². The van der Waals surface area contributed by atoms with Gasteiger partial charge in [-0.15, -0.1) is 6.58 Å². The molecule has 0 radical (unpaired) electrons. The van der Waals surface area contributed by atoms with Crippen molar-refractivity contribution in [3.05, 3.63) is 59.9 Å². The van der Waals surface area contributed by atoms with Crippen LogP contribution in [0.25, 0.3) is 0 Å². The molecule has 0 saturated carbocycles. The molecule has 0 fully saturated rings. The van der Waals surface area contributed by atoms with Crippen molar-refractivity contribution in [3.63, 3.8) is 0 Å². The van der Waals surface area contributed by atoms with Crippen LogP contribution in [0.3, 0.4) is 0 Å². The van der Waals surface area contributed by atoms with Gasteiger partial charge in [0, 0.05) is 6.42 Å². The molecule has 16 heavy (non-hydrogen) atoms. The van der Waals surface area contributed by atoms with E-state index in [-0.39, 0.29) is 0 Å². The summed E-state index contributed by atoms with van der Waals surface area (Å²) in [5.74, 6) is 0.482. The van der Waals surface area contributed by atoms with Crippen molar-refractivity contribution in [1.82, 2.24) is 0 Å². The maximum atomic E-state index is 9.38. The molecular weight excluding hydrogens is 196 g/mol. The Hall–Kier alpha value is -1.50. The predicted molar refractivity (Wildman–Crippen MR) is 70.4 cm³/mol. The zero-order valence-corrected chi connectivity index (χ0v) is 9.95. The highest BCUT2D eigenvalue weighted by atomic mass is 16.3. The molecule has 0 unspecified atom stereocenters. The van der Waals surface area contributed by atoms with Crippen LogP contribution in [0.15, 0.2) is 59.9 Å². The van der Waals surface area contributed by atoms with Gasteiger partial charge in [-0.2, -0.15) is 0 Å². The number of hydrogen-bond donors (Lipinski definition) is 1. The molecular formula is C15H20O. The molecule has 0 aromatic carbocycles. The summed E-state index contributed by atoms with van der Waals surface area (Å²) in [6.07, 6.45) is 16.0. The minimum Gasteiger partial charge on any atom is -0.512 e. The van der Waals surface area contributed by atoms with Crippen LogP contribution in [-0.4, -0.2) is 5.11 Å². The van der Waals surface area contributed by atoms with E-state index in [0.717, 1.165) is 31.3 Å². The number of rotatable bonds is 5. The first-order chi connectivity index (χ1) is 7.72. The third-order valence-corrected chi connectivity index (χ3v) is 2.49. The van der Waals surface area contributed by atoms with E-state index in [1.165, 1.54) is 5.57 Å². The van der Waals surface area contributed by atoms with Gasteiger partial charge in [0.25, 0.3) is 0 Å². The SMILES string of the molecule is C=CCC/C=C(C)/C=C/C1=CCCC(O)=C1. The first-order valence-electron chi connectivity index (χ1n) is 5.78. The fourth-order valence-corrected chi connectivity index (χ4v) is 1.55. The summed E-state index contributed by atoms with van der Waals surface area (Å²) < 4.78 is 0. The van der Waals surface area contributed by atoms with Gasteiger partial charge in [0.2, 0.25) is 0 Å². The molecule has 0 aliphatic heterocycles. The Balaban J connectivity index is 2.50. The number of hydrogen-bond acceptors (Lipinski definition) is 1. The predicted octanol–water partition coefficient (Wildman–Crippen LogP) is 4.62. The zero-order valence-electron chi connectivity index (χ0n) is 9.95. The van der Waals surface area contributed by atoms with Crippen LogP contribution in [-0.2, 0) is 0 Å². The lowest BCUT2D eigenvalue weighted by atomic mass is 10.0. The van der Waals surface area contributed by atoms with Gasteiger partial charge in [-0.3, -0.25) is 0 Å². The first kappa shape index (κ1) is 12.6. The molecule has 0 aromatic heterocycles. The molecule has 1 rings (SSSR count). The van der Waals surface area contributed by atoms with Crippen LogP contribution in [0.2, 0.25) is 0 Å². The molecule has 0 spiro atoms. The molecule has 1 N–H and O–H groups in total. The van der Waals surface area contributed by atoms with Gasteiger partial charge in [0.05, 0.1) is 5.76 Å². The van der Waals surface area contributed by atoms with Gasteiger partial charge in [-0.25, -0.2) is 0 Å². The number of allylic oxidation sites excluding steroid dienone is 9. The fraction of sp³-hybridized carbons (Fsp3) is 0.333. The van der Waals surface area contributed by atoms with Crippen molar-refractivity contribution in [1.29, 1.82) is 0 Å². The van der Waals surface area contributed by atoms with E-state index in [0.29, 0.717) is 5.76 Å². The highest BCUT2D eigenvalue weighted by Gasteiger charge is 2.00. The smallest absolute Gasteiger partial charge is 0.0931 e. The largest absolute Gasteiger partial charge is 0.512 e. The van der Waals surface area contributed by atoms with Crippen LogP contribution >= 0.6 is 0 Å². The van der Waals surface area contributed by atoms with E-state index in [4.69, 9.17) is 0 Å². The van der Waals surface area contributed by atoms with E-state index in [2.05, 4.69) is 37.8 Å². The van der Waals surface area contributed by atoms with E-state index in [1.54, 1.807) is 0 Å². The van der Waals surface area contributed by atoms with Crippen molar-refractivity contribution in [3.8, 4) is 0 Å². The quantitative estimate of drug-likeness (QED) is 0.404. The molecule has 86 valence electrons. The number of aliphatic hydroxyl groups excluding tert-OH is 1. The zero-order chi connectivity index (χ0) is 11.8. The lowest BCUT2D eigenvalue weighted by molar-refractivity contribution is 0.387. The Morgan fingerprint density at radius 2 is 2.31 bits per heavy atom. The molecule has 1 heteroatoms. The Morgan fingerprint density at radius 3 is 3.00 bits per heavy atom. The van der Waals surface area contributed by atoms with E-state index in [1.807, 2.05) is 12.2 Å². The Labute approximate surface area is 98.2 Å². The molecule has 0 heterocycles. The lowest BCUT2D eigenvalue weighted by Crippen LogP contribution is -1.89. The monoisotopic (exact) mass is 216 g/mol. The van der Waals surface area contributed by atoms with Gasteiger partial charge in [0.15, 0.2) is 0 Å². The van der Waals surface area contributed by atoms with Crippen LogP contribution in [0.5, 0.6) is 0 Å². The maximum absolute atomic E-state index is 9.38. The fourth-order valence-electron chi connectivity index (χ4n) is 1.55. The van der Waals surface area contributed by atoms with Crippen molar-refractivity contribution in [2.45, 2.75) is 32.6 Å². The summed E-state index contributed by atoms with van der Waals surface area (Å²) in [4.78, 5) is 0. The van der Waals surface area contributed by atoms with E-state index < -0.39 is 0 Å². The number of aliphatic hydroxyl groups is 1. The van der Waals surface area contributed by atoms with Gasteiger partial charge >= 0.3 is 0 Å². The van der Waals surface area contributed by atoms with E-state index in [9.17, 15) is 5.11 Å². The normalized spacial score (nSPS) is 17.2. The molecule has 1 aliphatic rings. The molecule has 1 nitrogen and oxygen atoms in total. The van der Waals surface area contributed by atoms with Gasteiger partial charge in [0.1, 0.15) is 0 Å². The van der Waals surface area contributed by atoms with Gasteiger partial charge in [-0.1, -0.05) is 36.0 Å². The van der Waals surface area contributed by atoms with Crippen molar-refractivity contribution in [2.24, 2.45) is 0 Å². The minimum atomic E-state index is 0.482. The lowest BCUT2D eigenvalue weighted by Gasteiger charge is -2.05. The maximum Gasteiger partial charge on any atom is 0.0931 e. The second-order valence-electron chi connectivity index (χ2n) is 4.03. The molecule has 0 saturated heterocycles. The van der Waals surface area contributed by atoms with Gasteiger partial charge < -0.3 is 5.11 Å². The van der Waals surface area contributed by atoms with Gasteiger partial charge in [-0.05, 0) is 37.8 Å². The van der Waals surface area contributed by atoms with Crippen LogP contribution in [0, 0.1) is 0 Å². The molecule has 0 atom stereocenters. The molecule has 0 bridgehead atoms. The summed E-state index contributed by atoms with van der Waals surface area (Å²) in [5.41, 5.74) is 2.35. The summed E-state index contributed by atoms with van der Waals surface area (Å²) in [6.45, 7) is 5.78. The van der Waals surface area contributed by atoms with Crippen molar-refractivity contribution < 1.29 is 5.11 Å². The summed E-state index contributed by atoms with van der Waals surface area (Å²) in [5, 5.41) is 9.38. The summed E-state index contributed by atoms with van der Waals surface area (Å²) in [7, 11) is 0. The van der Waals surface area contributed by atoms with Crippen molar-refractivity contribution in [2.75, 3.05) is 0 Å². The highest BCUT2D eigenvalue weighted by Crippen LogP contribution is 2.16. The van der Waals surface area contributed by atoms with Crippen molar-refractivity contribution >= 4 is 0 Å². The Morgan fingerprint density at radius 1 is 1.50 bits per heavy atom. The second kappa shape index (κ2) is 6.89. The molecule has 0 aromatic rings. The Kier molecular flexibility index (Phi) is 5.41. The average molecular weight is 216 g/mol. The Bertz CT molecular complexity index is 354. The average Bonchev–Trinajstić information content (AvgIpc) is 2.27. The second-order valence-corrected chi connectivity index (χ2v) is 4.03. The van der Waals surface area contributed by atoms with Crippen LogP contribution < -0.4 is 0 Å². The highest BCUT2D eigenvalue weighted by molar-refractivity contribution is 5.37. The summed E-state index contributed by atoms with van der Waals surface area (Å²) in [6, 6.07) is 0. The molecule has 0 amide bonds. The minimum absolute atomic E-state index is 0.482. The summed E-state index contributed by atoms with van der Waals surface area (Å²) >= 11 is 0. The number of unbranched alkanes of at least 4 members (excludes halogenated alkanes) is 1. The van der Waals surface area contributed by atoms with Crippen LogP contribution in [0.1, 0.15) is 32.6 Å². The third-order valence-electron chi connectivity index (χ3n) is 2.49.